The van der Waals surface area contributed by atoms with Crippen molar-refractivity contribution in [3.05, 3.63) is 88.3 Å². The summed E-state index contributed by atoms with van der Waals surface area (Å²) in [7, 11) is 3.36. The Morgan fingerprint density at radius 1 is 1.12 bits per heavy atom. The van der Waals surface area contributed by atoms with Crippen molar-refractivity contribution in [2.24, 2.45) is 0 Å². The Kier molecular flexibility index (Phi) is 7.77. The van der Waals surface area contributed by atoms with Crippen LogP contribution in [0, 0.1) is 0 Å². The third-order valence-electron chi connectivity index (χ3n) is 6.20. The molecule has 3 atom stereocenters. The molecule has 2 aromatic heterocycles. The molecular formula is C26H29ClN4O3. The molecule has 178 valence electrons. The molecule has 1 unspecified atom stereocenters. The summed E-state index contributed by atoms with van der Waals surface area (Å²) < 4.78 is 5.08. The lowest BCUT2D eigenvalue weighted by Crippen LogP contribution is -2.35. The van der Waals surface area contributed by atoms with Crippen molar-refractivity contribution >= 4 is 17.5 Å². The first-order chi connectivity index (χ1) is 16.4. The van der Waals surface area contributed by atoms with Crippen LogP contribution >= 0.6 is 11.6 Å². The van der Waals surface area contributed by atoms with Gasteiger partial charge in [-0.05, 0) is 48.6 Å². The normalized spacial score (nSPS) is 18.5. The topological polar surface area (TPSA) is 87.6 Å². The largest absolute Gasteiger partial charge is 0.481 e. The van der Waals surface area contributed by atoms with E-state index in [-0.39, 0.29) is 18.0 Å². The van der Waals surface area contributed by atoms with E-state index in [1.807, 2.05) is 36.4 Å². The number of carbonyl (C=O) groups is 1. The minimum absolute atomic E-state index is 0.0186. The van der Waals surface area contributed by atoms with E-state index < -0.39 is 6.10 Å². The number of hydrogen-bond acceptors (Lipinski definition) is 6. The Labute approximate surface area is 204 Å². The number of nitrogens with zero attached hydrogens (tertiary/aromatic N) is 3. The van der Waals surface area contributed by atoms with Crippen LogP contribution < -0.4 is 10.1 Å². The molecule has 0 bridgehead atoms. The Balaban J connectivity index is 1.30. The summed E-state index contributed by atoms with van der Waals surface area (Å²) in [5.74, 6) is 0.508. The molecular weight excluding hydrogens is 452 g/mol. The van der Waals surface area contributed by atoms with Crippen LogP contribution in [0.4, 0.5) is 0 Å². The summed E-state index contributed by atoms with van der Waals surface area (Å²) in [6, 6.07) is 15.2. The zero-order valence-corrected chi connectivity index (χ0v) is 20.1. The van der Waals surface area contributed by atoms with Crippen LogP contribution in [0.15, 0.2) is 60.9 Å². The number of rotatable bonds is 8. The maximum Gasteiger partial charge on any atom is 0.253 e. The van der Waals surface area contributed by atoms with Gasteiger partial charge in [-0.2, -0.15) is 0 Å². The summed E-state index contributed by atoms with van der Waals surface area (Å²) in [5.41, 5.74) is 3.50. The number of benzene rings is 1. The fourth-order valence-corrected chi connectivity index (χ4v) is 4.43. The number of aliphatic hydroxyl groups excluding tert-OH is 1. The van der Waals surface area contributed by atoms with Gasteiger partial charge < -0.3 is 20.1 Å². The van der Waals surface area contributed by atoms with E-state index in [4.69, 9.17) is 16.3 Å². The van der Waals surface area contributed by atoms with Crippen LogP contribution in [0.25, 0.3) is 0 Å². The Morgan fingerprint density at radius 2 is 1.88 bits per heavy atom. The first kappa shape index (κ1) is 24.1. The van der Waals surface area contributed by atoms with Gasteiger partial charge in [0.2, 0.25) is 5.88 Å². The zero-order chi connectivity index (χ0) is 24.1. The molecule has 1 aromatic carbocycles. The Hall–Kier alpha value is -3.00. The molecule has 7 nitrogen and oxygen atoms in total. The molecule has 1 aliphatic heterocycles. The van der Waals surface area contributed by atoms with E-state index in [1.165, 1.54) is 0 Å². The van der Waals surface area contributed by atoms with Gasteiger partial charge in [0.05, 0.1) is 13.2 Å². The van der Waals surface area contributed by atoms with Crippen LogP contribution in [0.3, 0.4) is 0 Å². The molecule has 0 spiro atoms. The second kappa shape index (κ2) is 11.0. The summed E-state index contributed by atoms with van der Waals surface area (Å²) in [6.07, 6.45) is 5.42. The second-order valence-corrected chi connectivity index (χ2v) is 9.06. The Morgan fingerprint density at radius 3 is 2.53 bits per heavy atom. The summed E-state index contributed by atoms with van der Waals surface area (Å²) >= 11 is 5.85. The molecule has 0 aliphatic carbocycles. The van der Waals surface area contributed by atoms with Gasteiger partial charge in [0.25, 0.3) is 5.91 Å². The van der Waals surface area contributed by atoms with Crippen LogP contribution in [0.5, 0.6) is 5.88 Å². The molecule has 0 radical (unpaired) electrons. The maximum absolute atomic E-state index is 12.8. The van der Waals surface area contributed by atoms with Gasteiger partial charge in [-0.1, -0.05) is 35.9 Å². The van der Waals surface area contributed by atoms with Crippen LogP contribution in [0.2, 0.25) is 5.15 Å². The van der Waals surface area contributed by atoms with Gasteiger partial charge in [-0.3, -0.25) is 4.79 Å². The highest BCUT2D eigenvalue weighted by molar-refractivity contribution is 6.29. The molecule has 3 heterocycles. The van der Waals surface area contributed by atoms with Gasteiger partial charge in [0, 0.05) is 55.3 Å². The summed E-state index contributed by atoms with van der Waals surface area (Å²) in [5, 5.41) is 14.6. The molecule has 8 heteroatoms. The standard InChI is InChI=1S/C26H29ClN4O3/c1-31(16-18-5-12-24(34-2)29-14-18)26(33)19-6-3-17(4-7-19)13-21-9-10-22(30-21)25(32)20-8-11-23(27)28-15-20/h3-8,11-12,14-15,21-22,25,30,32H,9-10,13,16H2,1-2H3/t21-,22+,25?/m0/s1. The van der Waals surface area contributed by atoms with Crippen molar-refractivity contribution < 1.29 is 14.6 Å². The monoisotopic (exact) mass is 480 g/mol. The highest BCUT2D eigenvalue weighted by Gasteiger charge is 2.30. The molecule has 3 aromatic rings. The average Bonchev–Trinajstić information content (AvgIpc) is 3.33. The fraction of sp³-hybridized carbons (Fsp3) is 0.346. The average molecular weight is 481 g/mol. The van der Waals surface area contributed by atoms with Crippen LogP contribution in [0.1, 0.15) is 46.0 Å². The van der Waals surface area contributed by atoms with E-state index in [2.05, 4.69) is 15.3 Å². The van der Waals surface area contributed by atoms with Crippen LogP contribution in [-0.4, -0.2) is 52.1 Å². The third kappa shape index (κ3) is 5.91. The molecule has 1 fully saturated rings. The van der Waals surface area contributed by atoms with Gasteiger partial charge >= 0.3 is 0 Å². The van der Waals surface area contributed by atoms with Crippen molar-refractivity contribution in [1.82, 2.24) is 20.2 Å². The van der Waals surface area contributed by atoms with E-state index >= 15 is 0 Å². The molecule has 34 heavy (non-hydrogen) atoms. The summed E-state index contributed by atoms with van der Waals surface area (Å²) in [6.45, 7) is 0.469. The van der Waals surface area contributed by atoms with Gasteiger partial charge in [-0.25, -0.2) is 9.97 Å². The molecule has 4 rings (SSSR count). The molecule has 1 aliphatic rings. The lowest BCUT2D eigenvalue weighted by Gasteiger charge is -2.20. The number of aliphatic hydroxyl groups is 1. The number of halogens is 1. The number of pyridine rings is 2. The summed E-state index contributed by atoms with van der Waals surface area (Å²) in [4.78, 5) is 22.8. The lowest BCUT2D eigenvalue weighted by molar-refractivity contribution is 0.0785. The minimum atomic E-state index is -0.619. The predicted molar refractivity (Wildman–Crippen MR) is 131 cm³/mol. The van der Waals surface area contributed by atoms with Crippen molar-refractivity contribution in [2.45, 2.75) is 44.0 Å². The number of aromatic nitrogens is 2. The third-order valence-corrected chi connectivity index (χ3v) is 6.43. The van der Waals surface area contributed by atoms with Crippen molar-refractivity contribution in [3.63, 3.8) is 0 Å². The van der Waals surface area contributed by atoms with Gasteiger partial charge in [0.1, 0.15) is 5.15 Å². The maximum atomic E-state index is 12.8. The van der Waals surface area contributed by atoms with Crippen LogP contribution in [-0.2, 0) is 13.0 Å². The number of carbonyl (C=O) groups excluding carboxylic acids is 1. The van der Waals surface area contributed by atoms with Gasteiger partial charge in [0.15, 0.2) is 0 Å². The molecule has 2 N–H and O–H groups in total. The Bertz CT molecular complexity index is 1090. The van der Waals surface area contributed by atoms with E-state index in [9.17, 15) is 9.90 Å². The van der Waals surface area contributed by atoms with Gasteiger partial charge in [-0.15, -0.1) is 0 Å². The van der Waals surface area contributed by atoms with E-state index in [0.717, 1.165) is 36.0 Å². The second-order valence-electron chi connectivity index (χ2n) is 8.68. The SMILES string of the molecule is COc1ccc(CN(C)C(=O)c2ccc(C[C@@H]3CC[C@H](C(O)c4ccc(Cl)nc4)N3)cc2)cn1. The quantitative estimate of drug-likeness (QED) is 0.477. The smallest absolute Gasteiger partial charge is 0.253 e. The van der Waals surface area contributed by atoms with Crippen molar-refractivity contribution in [1.29, 1.82) is 0 Å². The predicted octanol–water partition coefficient (Wildman–Crippen LogP) is 3.81. The molecule has 1 amide bonds. The number of amides is 1. The fourth-order valence-electron chi connectivity index (χ4n) is 4.31. The first-order valence-corrected chi connectivity index (χ1v) is 11.7. The highest BCUT2D eigenvalue weighted by Crippen LogP contribution is 2.27. The molecule has 1 saturated heterocycles. The first-order valence-electron chi connectivity index (χ1n) is 11.3. The highest BCUT2D eigenvalue weighted by atomic mass is 35.5. The number of methoxy groups -OCH3 is 1. The van der Waals surface area contributed by atoms with E-state index in [1.54, 1.807) is 43.6 Å². The molecule has 0 saturated carbocycles. The number of hydrogen-bond donors (Lipinski definition) is 2. The number of nitrogens with one attached hydrogen (secondary N) is 1. The van der Waals surface area contributed by atoms with Crippen molar-refractivity contribution in [2.75, 3.05) is 14.2 Å². The minimum Gasteiger partial charge on any atom is -0.481 e. The van der Waals surface area contributed by atoms with E-state index in [0.29, 0.717) is 23.1 Å². The lowest BCUT2D eigenvalue weighted by atomic mass is 10.0. The number of ether oxygens (including phenoxy) is 1. The van der Waals surface area contributed by atoms with Crippen molar-refractivity contribution in [3.8, 4) is 5.88 Å². The zero-order valence-electron chi connectivity index (χ0n) is 19.3.